The zero-order valence-electron chi connectivity index (χ0n) is 6.79. The molecule has 12 heavy (non-hydrogen) atoms. The summed E-state index contributed by atoms with van der Waals surface area (Å²) in [5.41, 5.74) is 7.07. The lowest BCUT2D eigenvalue weighted by molar-refractivity contribution is -0.221. The van der Waals surface area contributed by atoms with Gasteiger partial charge in [0.15, 0.2) is 0 Å². The first-order valence-corrected chi connectivity index (χ1v) is 3.30. The number of ether oxygens (including phenoxy) is 2. The molecule has 1 heterocycles. The van der Waals surface area contributed by atoms with Gasteiger partial charge in [-0.05, 0) is 0 Å². The number of hydrogen-bond acceptors (Lipinski definition) is 6. The molecule has 1 fully saturated rings. The van der Waals surface area contributed by atoms with Gasteiger partial charge >= 0.3 is 11.9 Å². The lowest BCUT2D eigenvalue weighted by Crippen LogP contribution is -2.65. The Morgan fingerprint density at radius 2 is 1.25 bits per heavy atom. The molecule has 1 aliphatic rings. The fourth-order valence-electron chi connectivity index (χ4n) is 0.671. The molecule has 68 valence electrons. The molecule has 0 spiro atoms. The fraction of sp³-hybridized carbons (Fsp3) is 0.667. The maximum Gasteiger partial charge on any atom is 0.368 e. The van der Waals surface area contributed by atoms with Gasteiger partial charge in [0.25, 0.3) is 11.4 Å². The third kappa shape index (κ3) is 1.26. The molecule has 0 aliphatic carbocycles. The molecule has 6 heteroatoms. The second-order valence-corrected chi connectivity index (χ2v) is 2.99. The zero-order valence-corrected chi connectivity index (χ0v) is 6.79. The van der Waals surface area contributed by atoms with Gasteiger partial charge in [0.2, 0.25) is 0 Å². The first kappa shape index (κ1) is 8.95. The molecule has 0 bridgehead atoms. The van der Waals surface area contributed by atoms with E-state index in [1.54, 1.807) is 0 Å². The molecule has 0 amide bonds. The summed E-state index contributed by atoms with van der Waals surface area (Å²) in [5.74, 6) is -1.71. The SMILES string of the molecule is CC1(N)OC(=O)C(C)(N)OC1=O. The highest BCUT2D eigenvalue weighted by Crippen LogP contribution is 2.20. The number of cyclic esters (lactones) is 2. The lowest BCUT2D eigenvalue weighted by atomic mass is 10.2. The number of carbonyl (C=O) groups excluding carboxylic acids is 2. The number of esters is 2. The predicted molar refractivity (Wildman–Crippen MR) is 37.4 cm³/mol. The van der Waals surface area contributed by atoms with Crippen LogP contribution in [0.25, 0.3) is 0 Å². The molecule has 6 nitrogen and oxygen atoms in total. The summed E-state index contributed by atoms with van der Waals surface area (Å²) in [5, 5.41) is 0. The monoisotopic (exact) mass is 174 g/mol. The van der Waals surface area contributed by atoms with Crippen molar-refractivity contribution in [3.63, 3.8) is 0 Å². The van der Waals surface area contributed by atoms with Crippen molar-refractivity contribution in [3.8, 4) is 0 Å². The van der Waals surface area contributed by atoms with Gasteiger partial charge in [0, 0.05) is 13.8 Å². The van der Waals surface area contributed by atoms with E-state index in [-0.39, 0.29) is 0 Å². The molecule has 1 saturated heterocycles. The average Bonchev–Trinajstić information content (AvgIpc) is 1.82. The molecule has 0 aromatic carbocycles. The normalized spacial score (nSPS) is 42.0. The summed E-state index contributed by atoms with van der Waals surface area (Å²) in [6.07, 6.45) is 0. The van der Waals surface area contributed by atoms with Gasteiger partial charge in [0.1, 0.15) is 0 Å². The van der Waals surface area contributed by atoms with Crippen LogP contribution in [-0.2, 0) is 19.1 Å². The van der Waals surface area contributed by atoms with E-state index in [1.807, 2.05) is 0 Å². The summed E-state index contributed by atoms with van der Waals surface area (Å²) < 4.78 is 9.08. The van der Waals surface area contributed by atoms with Crippen LogP contribution in [0.2, 0.25) is 0 Å². The number of carbonyl (C=O) groups is 2. The van der Waals surface area contributed by atoms with Gasteiger partial charge in [-0.2, -0.15) is 0 Å². The quantitative estimate of drug-likeness (QED) is 0.430. The molecule has 2 atom stereocenters. The van der Waals surface area contributed by atoms with Crippen LogP contribution in [0, 0.1) is 0 Å². The molecule has 0 aromatic rings. The summed E-state index contributed by atoms with van der Waals surface area (Å²) in [7, 11) is 0. The Labute approximate surface area is 68.8 Å². The Morgan fingerprint density at radius 3 is 1.50 bits per heavy atom. The lowest BCUT2D eigenvalue weighted by Gasteiger charge is -2.35. The molecule has 0 aromatic heterocycles. The maximum atomic E-state index is 11.0. The minimum atomic E-state index is -1.73. The summed E-state index contributed by atoms with van der Waals surface area (Å²) in [6.45, 7) is 2.45. The predicted octanol–water partition coefficient (Wildman–Crippen LogP) is -1.56. The minimum Gasteiger partial charge on any atom is -0.429 e. The van der Waals surface area contributed by atoms with Crippen molar-refractivity contribution in [3.05, 3.63) is 0 Å². The minimum absolute atomic E-state index is 0.855. The molecular formula is C6H10N2O4. The molecule has 1 rings (SSSR count). The maximum absolute atomic E-state index is 11.0. The van der Waals surface area contributed by atoms with Gasteiger partial charge < -0.3 is 9.47 Å². The molecule has 0 saturated carbocycles. The van der Waals surface area contributed by atoms with E-state index in [1.165, 1.54) is 13.8 Å². The third-order valence-corrected chi connectivity index (χ3v) is 1.42. The molecular weight excluding hydrogens is 164 g/mol. The van der Waals surface area contributed by atoms with E-state index in [4.69, 9.17) is 11.5 Å². The van der Waals surface area contributed by atoms with Crippen LogP contribution in [0.1, 0.15) is 13.8 Å². The Bertz CT molecular complexity index is 220. The van der Waals surface area contributed by atoms with Crippen LogP contribution >= 0.6 is 0 Å². The Morgan fingerprint density at radius 1 is 1.00 bits per heavy atom. The Kier molecular flexibility index (Phi) is 1.62. The Hall–Kier alpha value is -1.14. The first-order valence-electron chi connectivity index (χ1n) is 3.30. The highest BCUT2D eigenvalue weighted by Gasteiger charge is 2.50. The average molecular weight is 174 g/mol. The molecule has 2 unspecified atom stereocenters. The first-order chi connectivity index (χ1) is 5.26. The van der Waals surface area contributed by atoms with Gasteiger partial charge in [0.05, 0.1) is 0 Å². The van der Waals surface area contributed by atoms with Crippen molar-refractivity contribution in [1.29, 1.82) is 0 Å². The van der Waals surface area contributed by atoms with Crippen molar-refractivity contribution in [2.75, 3.05) is 0 Å². The fourth-order valence-corrected chi connectivity index (χ4v) is 0.671. The van der Waals surface area contributed by atoms with E-state index in [9.17, 15) is 9.59 Å². The van der Waals surface area contributed by atoms with Gasteiger partial charge in [-0.3, -0.25) is 11.5 Å². The van der Waals surface area contributed by atoms with Crippen LogP contribution in [0.5, 0.6) is 0 Å². The Balaban J connectivity index is 2.91. The second-order valence-electron chi connectivity index (χ2n) is 2.99. The van der Waals surface area contributed by atoms with Crippen molar-refractivity contribution >= 4 is 11.9 Å². The van der Waals surface area contributed by atoms with Crippen LogP contribution in [0.3, 0.4) is 0 Å². The summed E-state index contributed by atoms with van der Waals surface area (Å²) in [4.78, 5) is 21.9. The van der Waals surface area contributed by atoms with Crippen molar-refractivity contribution in [2.45, 2.75) is 25.3 Å². The summed E-state index contributed by atoms with van der Waals surface area (Å²) in [6, 6.07) is 0. The molecule has 4 N–H and O–H groups in total. The number of nitrogens with two attached hydrogens (primary N) is 2. The van der Waals surface area contributed by atoms with E-state index in [0.29, 0.717) is 0 Å². The van der Waals surface area contributed by atoms with Gasteiger partial charge in [-0.25, -0.2) is 9.59 Å². The van der Waals surface area contributed by atoms with E-state index < -0.39 is 23.4 Å². The smallest absolute Gasteiger partial charge is 0.368 e. The number of hydrogen-bond donors (Lipinski definition) is 2. The molecule has 1 aliphatic heterocycles. The van der Waals surface area contributed by atoms with E-state index in [2.05, 4.69) is 9.47 Å². The number of rotatable bonds is 0. The van der Waals surface area contributed by atoms with E-state index in [0.717, 1.165) is 0 Å². The second kappa shape index (κ2) is 2.18. The summed E-state index contributed by atoms with van der Waals surface area (Å²) >= 11 is 0. The molecule has 0 radical (unpaired) electrons. The third-order valence-electron chi connectivity index (χ3n) is 1.42. The largest absolute Gasteiger partial charge is 0.429 e. The van der Waals surface area contributed by atoms with Crippen molar-refractivity contribution in [2.24, 2.45) is 11.5 Å². The van der Waals surface area contributed by atoms with Crippen LogP contribution in [-0.4, -0.2) is 23.4 Å². The van der Waals surface area contributed by atoms with Crippen LogP contribution in [0.4, 0.5) is 0 Å². The van der Waals surface area contributed by atoms with Gasteiger partial charge in [-0.1, -0.05) is 0 Å². The highest BCUT2D eigenvalue weighted by molar-refractivity contribution is 5.91. The topological polar surface area (TPSA) is 105 Å². The highest BCUT2D eigenvalue weighted by atomic mass is 16.7. The van der Waals surface area contributed by atoms with Gasteiger partial charge in [-0.15, -0.1) is 0 Å². The van der Waals surface area contributed by atoms with Crippen molar-refractivity contribution < 1.29 is 19.1 Å². The van der Waals surface area contributed by atoms with Crippen molar-refractivity contribution in [1.82, 2.24) is 0 Å². The zero-order chi connectivity index (χ0) is 9.57. The van der Waals surface area contributed by atoms with Crippen LogP contribution in [0.15, 0.2) is 0 Å². The van der Waals surface area contributed by atoms with E-state index >= 15 is 0 Å². The van der Waals surface area contributed by atoms with Crippen LogP contribution < -0.4 is 11.5 Å². The standard InChI is InChI=1S/C6H10N2O4/c1-5(7)3(9)12-6(2,8)4(10)11-5/h7-8H2,1-2H3.